The second-order valence-corrected chi connectivity index (χ2v) is 10.4. The van der Waals surface area contributed by atoms with Gasteiger partial charge < -0.3 is 20.3 Å². The van der Waals surface area contributed by atoms with Crippen molar-refractivity contribution in [2.24, 2.45) is 7.05 Å². The molecule has 2 aromatic heterocycles. The van der Waals surface area contributed by atoms with E-state index >= 15 is 0 Å². The van der Waals surface area contributed by atoms with Crippen molar-refractivity contribution in [3.8, 4) is 11.1 Å². The number of aliphatic carboxylic acids is 1. The number of aromatic nitrogens is 2. The van der Waals surface area contributed by atoms with E-state index in [9.17, 15) is 54.6 Å². The zero-order chi connectivity index (χ0) is 34.3. The normalized spacial score (nSPS) is 13.4. The monoisotopic (exact) mass is 656 g/mol. The van der Waals surface area contributed by atoms with Crippen LogP contribution in [0, 0.1) is 18.6 Å². The van der Waals surface area contributed by atoms with Crippen LogP contribution in [0.5, 0.6) is 0 Å². The Labute approximate surface area is 254 Å². The van der Waals surface area contributed by atoms with Crippen molar-refractivity contribution >= 4 is 28.5 Å². The number of carboxylic acid groups (broad SMARTS) is 1. The van der Waals surface area contributed by atoms with Gasteiger partial charge in [0.05, 0.1) is 16.6 Å². The third kappa shape index (κ3) is 6.79. The number of halogens is 8. The number of benzene rings is 2. The Bertz CT molecular complexity index is 1880. The Hall–Kier alpha value is -5.02. The van der Waals surface area contributed by atoms with E-state index in [-0.39, 0.29) is 27.7 Å². The predicted molar refractivity (Wildman–Crippen MR) is 150 cm³/mol. The maximum absolute atomic E-state index is 14.7. The number of rotatable bonds is 8. The van der Waals surface area contributed by atoms with E-state index in [4.69, 9.17) is 0 Å². The number of nitrogens with zero attached hydrogens (tertiary/aromatic N) is 2. The summed E-state index contributed by atoms with van der Waals surface area (Å²) in [5.41, 5.74) is -4.83. The standard InChI is InChI=1S/C30H24F8N4O4/c1-13-9-19(30(36,37)38)23(27(44)42(13)3)18-7-6-15(17-5-4-8-39-25(17)18)10-22(28(45)46)41-26(43)24-20(31)11-16(12-21(24)32)40-14(2)29(33,34)35/h4-9,11-12,14,22,40H,10H2,1-3H3,(H,41,43)(H,45,46)/t14-,22+/m1/s1. The molecule has 0 saturated heterocycles. The number of amides is 1. The molecule has 3 N–H and O–H groups in total. The van der Waals surface area contributed by atoms with Crippen LogP contribution in [0.1, 0.15) is 34.1 Å². The molecule has 0 aliphatic carbocycles. The first-order valence-corrected chi connectivity index (χ1v) is 13.3. The number of alkyl halides is 6. The van der Waals surface area contributed by atoms with E-state index in [0.717, 1.165) is 16.7 Å². The molecule has 2 atom stereocenters. The highest BCUT2D eigenvalue weighted by Crippen LogP contribution is 2.38. The summed E-state index contributed by atoms with van der Waals surface area (Å²) >= 11 is 0. The molecule has 0 unspecified atom stereocenters. The molecule has 244 valence electrons. The van der Waals surface area contributed by atoms with Gasteiger partial charge in [-0.05, 0) is 43.7 Å². The summed E-state index contributed by atoms with van der Waals surface area (Å²) in [6.45, 7) is 2.03. The summed E-state index contributed by atoms with van der Waals surface area (Å²) in [5, 5.41) is 13.8. The smallest absolute Gasteiger partial charge is 0.417 e. The largest absolute Gasteiger partial charge is 0.480 e. The van der Waals surface area contributed by atoms with Gasteiger partial charge in [0.15, 0.2) is 0 Å². The third-order valence-electron chi connectivity index (χ3n) is 7.28. The SMILES string of the molecule is Cc1cc(C(F)(F)F)c(-c2ccc(C[C@H](NC(=O)c3c(F)cc(N[C@H](C)C(F)(F)F)cc3F)C(=O)O)c3cccnc23)c(=O)n1C. The summed E-state index contributed by atoms with van der Waals surface area (Å²) in [6, 6.07) is 2.87. The maximum Gasteiger partial charge on any atom is 0.417 e. The number of carbonyl (C=O) groups is 2. The molecule has 16 heteroatoms. The average Bonchev–Trinajstić information content (AvgIpc) is 2.94. The minimum absolute atomic E-state index is 0.0460. The number of fused-ring (bicyclic) bond motifs is 1. The van der Waals surface area contributed by atoms with Gasteiger partial charge in [-0.2, -0.15) is 26.3 Å². The molecule has 0 aliphatic heterocycles. The van der Waals surface area contributed by atoms with Gasteiger partial charge in [0.2, 0.25) is 0 Å². The van der Waals surface area contributed by atoms with Crippen molar-refractivity contribution in [2.45, 2.75) is 44.7 Å². The van der Waals surface area contributed by atoms with Crippen LogP contribution in [0.4, 0.5) is 40.8 Å². The lowest BCUT2D eigenvalue weighted by atomic mass is 9.93. The first-order valence-electron chi connectivity index (χ1n) is 13.3. The number of carbonyl (C=O) groups excluding carboxylic acids is 1. The minimum Gasteiger partial charge on any atom is -0.480 e. The van der Waals surface area contributed by atoms with E-state index in [0.29, 0.717) is 19.1 Å². The van der Waals surface area contributed by atoms with Crippen LogP contribution in [0.15, 0.2) is 53.5 Å². The van der Waals surface area contributed by atoms with Crippen LogP contribution in [-0.4, -0.2) is 44.8 Å². The number of anilines is 1. The van der Waals surface area contributed by atoms with Gasteiger partial charge in [0, 0.05) is 42.0 Å². The summed E-state index contributed by atoms with van der Waals surface area (Å²) in [6.07, 6.45) is -8.96. The summed E-state index contributed by atoms with van der Waals surface area (Å²) in [5.74, 6) is -6.33. The second kappa shape index (κ2) is 12.4. The molecule has 4 aromatic rings. The molecule has 1 amide bonds. The van der Waals surface area contributed by atoms with Crippen LogP contribution >= 0.6 is 0 Å². The quantitative estimate of drug-likeness (QED) is 0.201. The Morgan fingerprint density at radius 1 is 1.02 bits per heavy atom. The zero-order valence-corrected chi connectivity index (χ0v) is 24.1. The van der Waals surface area contributed by atoms with Gasteiger partial charge in [0.1, 0.15) is 29.3 Å². The van der Waals surface area contributed by atoms with Gasteiger partial charge in [-0.15, -0.1) is 0 Å². The summed E-state index contributed by atoms with van der Waals surface area (Å²) in [7, 11) is 1.30. The number of hydrogen-bond acceptors (Lipinski definition) is 5. The average molecular weight is 657 g/mol. The number of hydrogen-bond donors (Lipinski definition) is 3. The van der Waals surface area contributed by atoms with Crippen molar-refractivity contribution in [3.63, 3.8) is 0 Å². The van der Waals surface area contributed by atoms with Crippen LogP contribution in [0.3, 0.4) is 0 Å². The molecule has 2 aromatic carbocycles. The van der Waals surface area contributed by atoms with E-state index in [2.05, 4.69) is 4.98 Å². The highest BCUT2D eigenvalue weighted by molar-refractivity contribution is 5.99. The Morgan fingerprint density at radius 3 is 2.22 bits per heavy atom. The molecular formula is C30H24F8N4O4. The van der Waals surface area contributed by atoms with E-state index in [1.165, 1.54) is 38.4 Å². The molecule has 0 radical (unpaired) electrons. The fraction of sp³-hybridized carbons (Fsp3) is 0.267. The van der Waals surface area contributed by atoms with Crippen molar-refractivity contribution < 1.29 is 49.8 Å². The molecule has 8 nitrogen and oxygen atoms in total. The van der Waals surface area contributed by atoms with Crippen molar-refractivity contribution in [1.82, 2.24) is 14.9 Å². The van der Waals surface area contributed by atoms with Crippen LogP contribution < -0.4 is 16.2 Å². The molecule has 2 heterocycles. The first kappa shape index (κ1) is 33.9. The van der Waals surface area contributed by atoms with Crippen LogP contribution in [0.2, 0.25) is 0 Å². The molecule has 0 bridgehead atoms. The lowest BCUT2D eigenvalue weighted by Crippen LogP contribution is -2.43. The molecule has 46 heavy (non-hydrogen) atoms. The number of carboxylic acids is 1. The Kier molecular flexibility index (Phi) is 9.13. The highest BCUT2D eigenvalue weighted by Gasteiger charge is 2.38. The summed E-state index contributed by atoms with van der Waals surface area (Å²) in [4.78, 5) is 42.1. The second-order valence-electron chi connectivity index (χ2n) is 10.4. The minimum atomic E-state index is -4.92. The van der Waals surface area contributed by atoms with Gasteiger partial charge in [-0.1, -0.05) is 18.2 Å². The summed E-state index contributed by atoms with van der Waals surface area (Å²) < 4.78 is 111. The van der Waals surface area contributed by atoms with E-state index in [1.807, 2.05) is 10.6 Å². The molecule has 4 rings (SSSR count). The lowest BCUT2D eigenvalue weighted by molar-refractivity contribution is -0.139. The Balaban J connectivity index is 1.71. The lowest BCUT2D eigenvalue weighted by Gasteiger charge is -2.20. The molecule has 0 saturated carbocycles. The highest BCUT2D eigenvalue weighted by atomic mass is 19.4. The maximum atomic E-state index is 14.7. The number of nitrogens with one attached hydrogen (secondary N) is 2. The third-order valence-corrected chi connectivity index (χ3v) is 7.28. The van der Waals surface area contributed by atoms with Gasteiger partial charge in [0.25, 0.3) is 11.5 Å². The van der Waals surface area contributed by atoms with Crippen LogP contribution in [-0.2, 0) is 24.4 Å². The molecule has 0 aliphatic rings. The van der Waals surface area contributed by atoms with E-state index < -0.39 is 82.3 Å². The zero-order valence-electron chi connectivity index (χ0n) is 24.1. The van der Waals surface area contributed by atoms with Crippen molar-refractivity contribution in [3.05, 3.63) is 93.0 Å². The van der Waals surface area contributed by atoms with Crippen molar-refractivity contribution in [1.29, 1.82) is 0 Å². The fourth-order valence-electron chi connectivity index (χ4n) is 4.77. The van der Waals surface area contributed by atoms with Gasteiger partial charge in [-0.3, -0.25) is 14.6 Å². The van der Waals surface area contributed by atoms with Gasteiger partial charge >= 0.3 is 18.3 Å². The first-order chi connectivity index (χ1) is 21.3. The van der Waals surface area contributed by atoms with E-state index in [1.54, 1.807) is 0 Å². The van der Waals surface area contributed by atoms with Crippen molar-refractivity contribution in [2.75, 3.05) is 5.32 Å². The number of pyridine rings is 2. The molecule has 0 spiro atoms. The van der Waals surface area contributed by atoms with Gasteiger partial charge in [-0.25, -0.2) is 13.6 Å². The number of aryl methyl sites for hydroxylation is 1. The fourth-order valence-corrected chi connectivity index (χ4v) is 4.77. The Morgan fingerprint density at radius 2 is 1.65 bits per heavy atom. The molecule has 0 fully saturated rings. The topological polar surface area (TPSA) is 113 Å². The molecular weight excluding hydrogens is 632 g/mol. The predicted octanol–water partition coefficient (Wildman–Crippen LogP) is 5.99. The van der Waals surface area contributed by atoms with Crippen LogP contribution in [0.25, 0.3) is 22.0 Å².